The molecule has 1 aromatic heterocycles. The van der Waals surface area contributed by atoms with Crippen molar-refractivity contribution in [1.29, 1.82) is 0 Å². The van der Waals surface area contributed by atoms with Crippen LogP contribution in [0.4, 0.5) is 0 Å². The SMILES string of the molecule is CCC(CCO)NC(=O)c1cc2c(s1)CCC(C)C2. The number of amides is 1. The van der Waals surface area contributed by atoms with Gasteiger partial charge in [0.15, 0.2) is 0 Å². The van der Waals surface area contributed by atoms with E-state index >= 15 is 0 Å². The number of carbonyl (C=O) groups excluding carboxylic acids is 1. The largest absolute Gasteiger partial charge is 0.396 e. The lowest BCUT2D eigenvalue weighted by Gasteiger charge is -2.16. The third-order valence-electron chi connectivity index (χ3n) is 3.86. The molecular weight excluding hydrogens is 258 g/mol. The highest BCUT2D eigenvalue weighted by atomic mass is 32.1. The molecule has 0 saturated carbocycles. The van der Waals surface area contributed by atoms with Crippen molar-refractivity contribution in [3.63, 3.8) is 0 Å². The Labute approximate surface area is 119 Å². The van der Waals surface area contributed by atoms with Crippen molar-refractivity contribution in [2.75, 3.05) is 6.61 Å². The lowest BCUT2D eigenvalue weighted by Crippen LogP contribution is -2.34. The quantitative estimate of drug-likeness (QED) is 0.872. The summed E-state index contributed by atoms with van der Waals surface area (Å²) < 4.78 is 0. The molecule has 1 amide bonds. The number of hydrogen-bond acceptors (Lipinski definition) is 3. The van der Waals surface area contributed by atoms with Crippen LogP contribution < -0.4 is 5.32 Å². The van der Waals surface area contributed by atoms with Gasteiger partial charge < -0.3 is 10.4 Å². The predicted octanol–water partition coefficient (Wildman–Crippen LogP) is 2.76. The lowest BCUT2D eigenvalue weighted by molar-refractivity contribution is 0.0933. The van der Waals surface area contributed by atoms with E-state index in [9.17, 15) is 4.79 Å². The molecule has 0 aliphatic heterocycles. The smallest absolute Gasteiger partial charge is 0.261 e. The van der Waals surface area contributed by atoms with Crippen LogP contribution in [0.2, 0.25) is 0 Å². The Balaban J connectivity index is 2.03. The van der Waals surface area contributed by atoms with Gasteiger partial charge in [-0.2, -0.15) is 0 Å². The minimum Gasteiger partial charge on any atom is -0.396 e. The van der Waals surface area contributed by atoms with E-state index in [1.54, 1.807) is 11.3 Å². The van der Waals surface area contributed by atoms with E-state index in [0.717, 1.165) is 30.1 Å². The zero-order valence-corrected chi connectivity index (χ0v) is 12.6. The Morgan fingerprint density at radius 1 is 1.63 bits per heavy atom. The fourth-order valence-electron chi connectivity index (χ4n) is 2.61. The van der Waals surface area contributed by atoms with Crippen LogP contribution >= 0.6 is 11.3 Å². The molecule has 1 heterocycles. The molecule has 0 saturated heterocycles. The highest BCUT2D eigenvalue weighted by Gasteiger charge is 2.21. The molecular formula is C15H23NO2S. The molecule has 2 unspecified atom stereocenters. The Hall–Kier alpha value is -0.870. The molecule has 2 atom stereocenters. The molecule has 1 aliphatic rings. The molecule has 2 N–H and O–H groups in total. The summed E-state index contributed by atoms with van der Waals surface area (Å²) in [5.41, 5.74) is 1.36. The number of nitrogens with one attached hydrogen (secondary N) is 1. The van der Waals surface area contributed by atoms with Gasteiger partial charge in [0.05, 0.1) is 4.88 Å². The van der Waals surface area contributed by atoms with Crippen LogP contribution in [-0.4, -0.2) is 23.7 Å². The van der Waals surface area contributed by atoms with E-state index < -0.39 is 0 Å². The maximum Gasteiger partial charge on any atom is 0.261 e. The van der Waals surface area contributed by atoms with Gasteiger partial charge in [-0.05, 0) is 49.7 Å². The van der Waals surface area contributed by atoms with Crippen LogP contribution in [0.5, 0.6) is 0 Å². The van der Waals surface area contributed by atoms with E-state index in [2.05, 4.69) is 18.3 Å². The highest BCUT2D eigenvalue weighted by molar-refractivity contribution is 7.14. The molecule has 0 aromatic carbocycles. The molecule has 4 heteroatoms. The average molecular weight is 281 g/mol. The van der Waals surface area contributed by atoms with Crippen molar-refractivity contribution in [2.45, 2.75) is 52.0 Å². The first kappa shape index (κ1) is 14.5. The summed E-state index contributed by atoms with van der Waals surface area (Å²) in [6, 6.07) is 2.15. The summed E-state index contributed by atoms with van der Waals surface area (Å²) >= 11 is 1.64. The molecule has 1 aliphatic carbocycles. The van der Waals surface area contributed by atoms with Gasteiger partial charge >= 0.3 is 0 Å². The first-order valence-electron chi connectivity index (χ1n) is 7.17. The number of fused-ring (bicyclic) bond motifs is 1. The standard InChI is InChI=1S/C15H23NO2S/c1-3-12(6-7-17)16-15(18)14-9-11-8-10(2)4-5-13(11)19-14/h9-10,12,17H,3-8H2,1-2H3,(H,16,18). The van der Waals surface area contributed by atoms with Crippen LogP contribution in [-0.2, 0) is 12.8 Å². The molecule has 0 spiro atoms. The van der Waals surface area contributed by atoms with Crippen LogP contribution in [0.25, 0.3) is 0 Å². The molecule has 1 aromatic rings. The van der Waals surface area contributed by atoms with E-state index in [4.69, 9.17) is 5.11 Å². The molecule has 19 heavy (non-hydrogen) atoms. The first-order valence-corrected chi connectivity index (χ1v) is 7.99. The van der Waals surface area contributed by atoms with E-state index in [0.29, 0.717) is 6.42 Å². The maximum absolute atomic E-state index is 12.2. The minimum atomic E-state index is 0.0207. The minimum absolute atomic E-state index is 0.0207. The monoisotopic (exact) mass is 281 g/mol. The number of aliphatic hydroxyl groups is 1. The van der Waals surface area contributed by atoms with Crippen LogP contribution in [0, 0.1) is 5.92 Å². The van der Waals surface area contributed by atoms with Crippen molar-refractivity contribution in [3.8, 4) is 0 Å². The summed E-state index contributed by atoms with van der Waals surface area (Å²) in [5, 5.41) is 12.0. The van der Waals surface area contributed by atoms with Crippen LogP contribution in [0.3, 0.4) is 0 Å². The number of aryl methyl sites for hydroxylation is 1. The van der Waals surface area contributed by atoms with E-state index in [1.807, 2.05) is 6.92 Å². The number of rotatable bonds is 5. The lowest BCUT2D eigenvalue weighted by atomic mass is 9.90. The van der Waals surface area contributed by atoms with Gasteiger partial charge in [-0.1, -0.05) is 13.8 Å². The van der Waals surface area contributed by atoms with E-state index in [1.165, 1.54) is 16.9 Å². The maximum atomic E-state index is 12.2. The van der Waals surface area contributed by atoms with Gasteiger partial charge in [0, 0.05) is 17.5 Å². The van der Waals surface area contributed by atoms with Crippen molar-refractivity contribution in [2.24, 2.45) is 5.92 Å². The van der Waals surface area contributed by atoms with Crippen LogP contribution in [0.1, 0.15) is 53.2 Å². The molecule has 0 radical (unpaired) electrons. The summed E-state index contributed by atoms with van der Waals surface area (Å²) in [6.07, 6.45) is 4.94. The number of aliphatic hydroxyl groups excluding tert-OH is 1. The summed E-state index contributed by atoms with van der Waals surface area (Å²) in [7, 11) is 0. The Morgan fingerprint density at radius 3 is 3.11 bits per heavy atom. The topological polar surface area (TPSA) is 49.3 Å². The Bertz CT molecular complexity index is 441. The van der Waals surface area contributed by atoms with Crippen molar-refractivity contribution < 1.29 is 9.90 Å². The van der Waals surface area contributed by atoms with Crippen molar-refractivity contribution in [3.05, 3.63) is 21.4 Å². The third-order valence-corrected chi connectivity index (χ3v) is 5.09. The number of hydrogen-bond donors (Lipinski definition) is 2. The Morgan fingerprint density at radius 2 is 2.42 bits per heavy atom. The highest BCUT2D eigenvalue weighted by Crippen LogP contribution is 2.32. The number of thiophene rings is 1. The molecule has 3 nitrogen and oxygen atoms in total. The zero-order valence-electron chi connectivity index (χ0n) is 11.7. The average Bonchev–Trinajstić information content (AvgIpc) is 2.81. The summed E-state index contributed by atoms with van der Waals surface area (Å²) in [5.74, 6) is 0.753. The van der Waals surface area contributed by atoms with Crippen molar-refractivity contribution in [1.82, 2.24) is 5.32 Å². The first-order chi connectivity index (χ1) is 9.13. The third kappa shape index (κ3) is 3.57. The molecule has 0 fully saturated rings. The Kier molecular flexibility index (Phi) is 4.99. The summed E-state index contributed by atoms with van der Waals surface area (Å²) in [6.45, 7) is 4.42. The van der Waals surface area contributed by atoms with Gasteiger partial charge in [0.25, 0.3) is 5.91 Å². The van der Waals surface area contributed by atoms with Crippen molar-refractivity contribution >= 4 is 17.2 Å². The fraction of sp³-hybridized carbons (Fsp3) is 0.667. The van der Waals surface area contributed by atoms with Crippen LogP contribution in [0.15, 0.2) is 6.07 Å². The van der Waals surface area contributed by atoms with Gasteiger partial charge in [0.2, 0.25) is 0 Å². The normalized spacial score (nSPS) is 19.8. The summed E-state index contributed by atoms with van der Waals surface area (Å²) in [4.78, 5) is 14.4. The zero-order chi connectivity index (χ0) is 13.8. The number of carbonyl (C=O) groups is 1. The van der Waals surface area contributed by atoms with E-state index in [-0.39, 0.29) is 18.6 Å². The molecule has 0 bridgehead atoms. The predicted molar refractivity (Wildman–Crippen MR) is 78.8 cm³/mol. The second kappa shape index (κ2) is 6.53. The van der Waals surface area contributed by atoms with Gasteiger partial charge in [-0.3, -0.25) is 4.79 Å². The second-order valence-electron chi connectivity index (χ2n) is 5.50. The van der Waals surface area contributed by atoms with Gasteiger partial charge in [0.1, 0.15) is 0 Å². The van der Waals surface area contributed by atoms with Gasteiger partial charge in [-0.15, -0.1) is 11.3 Å². The molecule has 106 valence electrons. The molecule has 2 rings (SSSR count). The van der Waals surface area contributed by atoms with Gasteiger partial charge in [-0.25, -0.2) is 0 Å². The second-order valence-corrected chi connectivity index (χ2v) is 6.63. The fourth-order valence-corrected chi connectivity index (χ4v) is 3.72.